The van der Waals surface area contributed by atoms with Gasteiger partial charge in [0.25, 0.3) is 0 Å². The van der Waals surface area contributed by atoms with Crippen molar-refractivity contribution in [3.63, 3.8) is 0 Å². The molecule has 0 spiro atoms. The number of halogens is 1. The lowest BCUT2D eigenvalue weighted by molar-refractivity contribution is 0.110. The molecule has 1 aliphatic rings. The second-order valence-electron chi connectivity index (χ2n) is 4.98. The SMILES string of the molecule is CCOCCOc1ccc(F)cc1N1CCC(N)CC1. The molecule has 1 saturated heterocycles. The van der Waals surface area contributed by atoms with Crippen molar-refractivity contribution in [1.82, 2.24) is 0 Å². The monoisotopic (exact) mass is 282 g/mol. The van der Waals surface area contributed by atoms with Gasteiger partial charge in [0.05, 0.1) is 12.3 Å². The Morgan fingerprint density at radius 2 is 2.05 bits per heavy atom. The minimum Gasteiger partial charge on any atom is -0.489 e. The third-order valence-electron chi connectivity index (χ3n) is 3.49. The van der Waals surface area contributed by atoms with Crippen LogP contribution in [-0.4, -0.2) is 39.0 Å². The molecule has 0 unspecified atom stereocenters. The Hall–Kier alpha value is -1.33. The molecular formula is C15H23FN2O2. The van der Waals surface area contributed by atoms with E-state index in [1.54, 1.807) is 6.07 Å². The first-order chi connectivity index (χ1) is 9.70. The fourth-order valence-corrected chi connectivity index (χ4v) is 2.35. The number of nitrogens with zero attached hydrogens (tertiary/aromatic N) is 1. The molecule has 20 heavy (non-hydrogen) atoms. The summed E-state index contributed by atoms with van der Waals surface area (Å²) < 4.78 is 24.4. The Morgan fingerprint density at radius 1 is 1.30 bits per heavy atom. The molecule has 0 saturated carbocycles. The molecule has 2 rings (SSSR count). The van der Waals surface area contributed by atoms with Gasteiger partial charge in [-0.2, -0.15) is 0 Å². The fourth-order valence-electron chi connectivity index (χ4n) is 2.35. The van der Waals surface area contributed by atoms with E-state index in [0.29, 0.717) is 25.6 Å². The van der Waals surface area contributed by atoms with Gasteiger partial charge in [-0.25, -0.2) is 4.39 Å². The van der Waals surface area contributed by atoms with Gasteiger partial charge in [0.2, 0.25) is 0 Å². The smallest absolute Gasteiger partial charge is 0.142 e. The van der Waals surface area contributed by atoms with Crippen molar-refractivity contribution in [2.45, 2.75) is 25.8 Å². The summed E-state index contributed by atoms with van der Waals surface area (Å²) in [5.74, 6) is 0.466. The van der Waals surface area contributed by atoms with Gasteiger partial charge in [0, 0.05) is 31.8 Å². The fraction of sp³-hybridized carbons (Fsp3) is 0.600. The number of anilines is 1. The zero-order valence-corrected chi connectivity index (χ0v) is 12.0. The maximum Gasteiger partial charge on any atom is 0.142 e. The molecule has 1 heterocycles. The summed E-state index contributed by atoms with van der Waals surface area (Å²) in [7, 11) is 0. The van der Waals surface area contributed by atoms with Crippen molar-refractivity contribution in [3.05, 3.63) is 24.0 Å². The third kappa shape index (κ3) is 4.08. The summed E-state index contributed by atoms with van der Waals surface area (Å²) in [5.41, 5.74) is 6.72. The molecule has 4 nitrogen and oxygen atoms in total. The average Bonchev–Trinajstić information content (AvgIpc) is 2.46. The van der Waals surface area contributed by atoms with Crippen molar-refractivity contribution in [3.8, 4) is 5.75 Å². The minimum atomic E-state index is -0.243. The molecule has 2 N–H and O–H groups in total. The predicted octanol–water partition coefficient (Wildman–Crippen LogP) is 2.17. The molecule has 1 aromatic rings. The van der Waals surface area contributed by atoms with Crippen molar-refractivity contribution < 1.29 is 13.9 Å². The van der Waals surface area contributed by atoms with Gasteiger partial charge in [-0.1, -0.05) is 0 Å². The van der Waals surface area contributed by atoms with E-state index in [9.17, 15) is 4.39 Å². The highest BCUT2D eigenvalue weighted by molar-refractivity contribution is 5.59. The first-order valence-corrected chi connectivity index (χ1v) is 7.21. The van der Waals surface area contributed by atoms with E-state index in [2.05, 4.69) is 4.90 Å². The van der Waals surface area contributed by atoms with Crippen LogP contribution >= 0.6 is 0 Å². The van der Waals surface area contributed by atoms with Crippen molar-refractivity contribution >= 4 is 5.69 Å². The van der Waals surface area contributed by atoms with E-state index in [0.717, 1.165) is 31.6 Å². The van der Waals surface area contributed by atoms with Gasteiger partial charge in [0.1, 0.15) is 18.2 Å². The van der Waals surface area contributed by atoms with Gasteiger partial charge < -0.3 is 20.1 Å². The lowest BCUT2D eigenvalue weighted by atomic mass is 10.1. The zero-order chi connectivity index (χ0) is 14.4. The number of nitrogens with two attached hydrogens (primary N) is 1. The largest absolute Gasteiger partial charge is 0.489 e. The summed E-state index contributed by atoms with van der Waals surface area (Å²) in [6.45, 7) is 5.31. The van der Waals surface area contributed by atoms with Crippen LogP contribution in [0.15, 0.2) is 18.2 Å². The zero-order valence-electron chi connectivity index (χ0n) is 12.0. The molecule has 0 aliphatic carbocycles. The van der Waals surface area contributed by atoms with Gasteiger partial charge >= 0.3 is 0 Å². The standard InChI is InChI=1S/C15H23FN2O2/c1-2-19-9-10-20-15-4-3-12(16)11-14(15)18-7-5-13(17)6-8-18/h3-4,11,13H,2,5-10,17H2,1H3. The molecule has 0 bridgehead atoms. The molecule has 112 valence electrons. The second-order valence-corrected chi connectivity index (χ2v) is 4.98. The van der Waals surface area contributed by atoms with Crippen molar-refractivity contribution in [2.24, 2.45) is 5.73 Å². The lowest BCUT2D eigenvalue weighted by Gasteiger charge is -2.33. The van der Waals surface area contributed by atoms with Crippen molar-refractivity contribution in [2.75, 3.05) is 37.8 Å². The molecule has 1 aliphatic heterocycles. The highest BCUT2D eigenvalue weighted by Crippen LogP contribution is 2.31. The summed E-state index contributed by atoms with van der Waals surface area (Å²) in [5, 5.41) is 0. The Balaban J connectivity index is 2.03. The second kappa shape index (κ2) is 7.45. The Kier molecular flexibility index (Phi) is 5.61. The molecule has 0 amide bonds. The quantitative estimate of drug-likeness (QED) is 0.812. The Labute approximate surface area is 119 Å². The van der Waals surface area contributed by atoms with Gasteiger partial charge in [-0.15, -0.1) is 0 Å². The summed E-state index contributed by atoms with van der Waals surface area (Å²) in [6, 6.07) is 4.90. The van der Waals surface area contributed by atoms with Gasteiger partial charge in [-0.05, 0) is 31.9 Å². The number of benzene rings is 1. The predicted molar refractivity (Wildman–Crippen MR) is 77.8 cm³/mol. The third-order valence-corrected chi connectivity index (χ3v) is 3.49. The molecule has 1 aromatic carbocycles. The first kappa shape index (κ1) is 15.1. The molecule has 0 radical (unpaired) electrons. The first-order valence-electron chi connectivity index (χ1n) is 7.21. The van der Waals surface area contributed by atoms with E-state index in [1.807, 2.05) is 6.92 Å². The highest BCUT2D eigenvalue weighted by atomic mass is 19.1. The van der Waals surface area contributed by atoms with Crippen LogP contribution in [0.5, 0.6) is 5.75 Å². The summed E-state index contributed by atoms with van der Waals surface area (Å²) >= 11 is 0. The highest BCUT2D eigenvalue weighted by Gasteiger charge is 2.19. The van der Waals surface area contributed by atoms with Crippen LogP contribution < -0.4 is 15.4 Å². The van der Waals surface area contributed by atoms with Crippen LogP contribution in [0.3, 0.4) is 0 Å². The summed E-state index contributed by atoms with van der Waals surface area (Å²) in [4.78, 5) is 2.14. The van der Waals surface area contributed by atoms with E-state index >= 15 is 0 Å². The van der Waals surface area contributed by atoms with E-state index < -0.39 is 0 Å². The van der Waals surface area contributed by atoms with E-state index in [-0.39, 0.29) is 11.9 Å². The van der Waals surface area contributed by atoms with Crippen LogP contribution in [0.25, 0.3) is 0 Å². The Morgan fingerprint density at radius 3 is 2.75 bits per heavy atom. The normalized spacial score (nSPS) is 16.4. The molecule has 5 heteroatoms. The van der Waals surface area contributed by atoms with Crippen LogP contribution in [0.1, 0.15) is 19.8 Å². The maximum atomic E-state index is 13.5. The topological polar surface area (TPSA) is 47.7 Å². The maximum absolute atomic E-state index is 13.5. The Bertz CT molecular complexity index is 420. The lowest BCUT2D eigenvalue weighted by Crippen LogP contribution is -2.39. The van der Waals surface area contributed by atoms with Crippen LogP contribution in [0.2, 0.25) is 0 Å². The van der Waals surface area contributed by atoms with Crippen LogP contribution in [0, 0.1) is 5.82 Å². The molecular weight excluding hydrogens is 259 g/mol. The number of rotatable bonds is 6. The summed E-state index contributed by atoms with van der Waals surface area (Å²) in [6.07, 6.45) is 1.85. The molecule has 0 aromatic heterocycles. The van der Waals surface area contributed by atoms with E-state index in [1.165, 1.54) is 12.1 Å². The van der Waals surface area contributed by atoms with Gasteiger partial charge in [0.15, 0.2) is 0 Å². The molecule has 0 atom stereocenters. The number of hydrogen-bond acceptors (Lipinski definition) is 4. The minimum absolute atomic E-state index is 0.243. The molecule has 1 fully saturated rings. The number of ether oxygens (including phenoxy) is 2. The number of piperidine rings is 1. The number of hydrogen-bond donors (Lipinski definition) is 1. The van der Waals surface area contributed by atoms with Crippen LogP contribution in [-0.2, 0) is 4.74 Å². The van der Waals surface area contributed by atoms with Gasteiger partial charge in [-0.3, -0.25) is 0 Å². The van der Waals surface area contributed by atoms with Crippen molar-refractivity contribution in [1.29, 1.82) is 0 Å². The van der Waals surface area contributed by atoms with E-state index in [4.69, 9.17) is 15.2 Å². The van der Waals surface area contributed by atoms with Crippen LogP contribution in [0.4, 0.5) is 10.1 Å². The average molecular weight is 282 g/mol.